The number of methoxy groups -OCH3 is 1. The van der Waals surface area contributed by atoms with Gasteiger partial charge in [0.05, 0.1) is 35.6 Å². The van der Waals surface area contributed by atoms with Crippen LogP contribution in [0.4, 0.5) is 17.1 Å². The molecule has 7 aromatic rings. The third-order valence-electron chi connectivity index (χ3n) is 16.1. The van der Waals surface area contributed by atoms with Crippen LogP contribution in [0.2, 0.25) is 0 Å². The van der Waals surface area contributed by atoms with Crippen molar-refractivity contribution in [3.8, 4) is 17.2 Å². The van der Waals surface area contributed by atoms with Crippen molar-refractivity contribution < 1.29 is 32.3 Å². The molecule has 4 aromatic carbocycles. The summed E-state index contributed by atoms with van der Waals surface area (Å²) in [6.45, 7) is 11.7. The fraction of sp³-hybridized carbons (Fsp3) is 0.411. The molecule has 1 unspecified atom stereocenters. The second kappa shape index (κ2) is 20.9. The van der Waals surface area contributed by atoms with Crippen molar-refractivity contribution in [2.75, 3.05) is 69.8 Å². The number of carbonyl (C=O) groups excluding carboxylic acids is 1. The lowest BCUT2D eigenvalue weighted by molar-refractivity contribution is -0.384. The first-order valence-corrected chi connectivity index (χ1v) is 27.5. The van der Waals surface area contributed by atoms with Crippen molar-refractivity contribution in [2.24, 2.45) is 11.3 Å². The highest BCUT2D eigenvalue weighted by Gasteiger charge is 2.50. The van der Waals surface area contributed by atoms with Crippen molar-refractivity contribution >= 4 is 55.1 Å². The Morgan fingerprint density at radius 3 is 2.49 bits per heavy atom. The average Bonchev–Trinajstić information content (AvgIpc) is 4.11. The number of piperazine rings is 1. The zero-order valence-corrected chi connectivity index (χ0v) is 43.4. The Hall–Kier alpha value is -7.06. The van der Waals surface area contributed by atoms with Gasteiger partial charge in [-0.05, 0) is 109 Å². The number of nitro benzene ring substituents is 1. The van der Waals surface area contributed by atoms with Crippen LogP contribution in [0.25, 0.3) is 22.1 Å². The van der Waals surface area contributed by atoms with E-state index in [9.17, 15) is 23.3 Å². The number of benzene rings is 4. The smallest absolute Gasteiger partial charge is 0.296 e. The Bertz CT molecular complexity index is 3320. The number of rotatable bonds is 16. The van der Waals surface area contributed by atoms with Crippen LogP contribution in [0.3, 0.4) is 0 Å². The Balaban J connectivity index is 0.807. The van der Waals surface area contributed by atoms with Gasteiger partial charge in [-0.25, -0.2) is 23.1 Å². The summed E-state index contributed by atoms with van der Waals surface area (Å²) in [5.74, 6) is 0.997. The van der Waals surface area contributed by atoms with Gasteiger partial charge in [-0.1, -0.05) is 50.2 Å². The summed E-state index contributed by atoms with van der Waals surface area (Å²) in [4.78, 5) is 48.1. The SMILES string of the molecule is COc1ccc(CN2CCN(C3CC4(CCN(c5ccc(C(=O)NS(=O)(=O)c6cc([N+](=O)[O-])c(NCC7CCOCC7)c7[nH]cnc67)c(Oc6cnc7[nH]ccc7c6)c5)CC4)C3)C(c3ccccc3C(C)C)C2)cc1. The molecule has 18 nitrogen and oxygen atoms in total. The van der Waals surface area contributed by atoms with Crippen LogP contribution in [0.1, 0.15) is 91.4 Å². The number of nitro groups is 1. The Labute approximate surface area is 436 Å². The molecule has 1 amide bonds. The fourth-order valence-corrected chi connectivity index (χ4v) is 13.1. The van der Waals surface area contributed by atoms with Crippen LogP contribution < -0.4 is 24.4 Å². The van der Waals surface area contributed by atoms with E-state index in [1.807, 2.05) is 24.3 Å². The predicted octanol–water partition coefficient (Wildman–Crippen LogP) is 9.54. The van der Waals surface area contributed by atoms with E-state index in [4.69, 9.17) is 14.2 Å². The van der Waals surface area contributed by atoms with E-state index in [1.54, 1.807) is 37.7 Å². The Kier molecular flexibility index (Phi) is 14.0. The van der Waals surface area contributed by atoms with Gasteiger partial charge in [0.2, 0.25) is 0 Å². The number of nitrogens with zero attached hydrogens (tertiary/aromatic N) is 6. The van der Waals surface area contributed by atoms with Crippen LogP contribution in [-0.4, -0.2) is 115 Å². The van der Waals surface area contributed by atoms with Gasteiger partial charge >= 0.3 is 0 Å². The van der Waals surface area contributed by atoms with E-state index < -0.39 is 31.4 Å². The van der Waals surface area contributed by atoms with Crippen LogP contribution in [0.5, 0.6) is 17.2 Å². The third kappa shape index (κ3) is 10.4. The van der Waals surface area contributed by atoms with Crippen LogP contribution in [0.15, 0.2) is 109 Å². The number of aromatic amines is 2. The molecule has 4 N–H and O–H groups in total. The quantitative estimate of drug-likeness (QED) is 0.0524. The lowest BCUT2D eigenvalue weighted by atomic mass is 9.59. The first kappa shape index (κ1) is 50.1. The van der Waals surface area contributed by atoms with E-state index in [0.717, 1.165) is 101 Å². The molecule has 4 fully saturated rings. The number of pyridine rings is 1. The minimum absolute atomic E-state index is 0.0478. The van der Waals surface area contributed by atoms with E-state index in [0.29, 0.717) is 43.1 Å². The fourth-order valence-electron chi connectivity index (χ4n) is 12.0. The number of fused-ring (bicyclic) bond motifs is 2. The second-order valence-electron chi connectivity index (χ2n) is 21.1. The van der Waals surface area contributed by atoms with E-state index in [-0.39, 0.29) is 45.4 Å². The van der Waals surface area contributed by atoms with Crippen LogP contribution in [0, 0.1) is 21.4 Å². The van der Waals surface area contributed by atoms with Crippen molar-refractivity contribution in [1.29, 1.82) is 0 Å². The van der Waals surface area contributed by atoms with Crippen molar-refractivity contribution in [3.63, 3.8) is 0 Å². The number of imidazole rings is 1. The van der Waals surface area contributed by atoms with Gasteiger partial charge in [-0.2, -0.15) is 0 Å². The van der Waals surface area contributed by atoms with Gasteiger partial charge in [0, 0.05) is 101 Å². The summed E-state index contributed by atoms with van der Waals surface area (Å²) >= 11 is 0. The number of amides is 1. The molecule has 6 heterocycles. The number of aromatic nitrogens is 4. The molecule has 1 spiro atoms. The first-order chi connectivity index (χ1) is 36.3. The molecule has 19 heteroatoms. The van der Waals surface area contributed by atoms with E-state index >= 15 is 0 Å². The zero-order chi connectivity index (χ0) is 51.8. The molecular formula is C56H64N10O8S. The number of piperidine rings is 1. The predicted molar refractivity (Wildman–Crippen MR) is 287 cm³/mol. The minimum Gasteiger partial charge on any atom is -0.497 e. The van der Waals surface area contributed by atoms with Gasteiger partial charge in [0.25, 0.3) is 21.6 Å². The summed E-state index contributed by atoms with van der Waals surface area (Å²) in [6.07, 6.45) is 10.5. The summed E-state index contributed by atoms with van der Waals surface area (Å²) in [5, 5.41) is 16.5. The average molecular weight is 1040 g/mol. The number of ether oxygens (including phenoxy) is 3. The van der Waals surface area contributed by atoms with Gasteiger partial charge < -0.3 is 34.4 Å². The molecule has 0 radical (unpaired) electrons. The maximum absolute atomic E-state index is 14.3. The highest BCUT2D eigenvalue weighted by molar-refractivity contribution is 7.90. The molecule has 1 atom stereocenters. The lowest BCUT2D eigenvalue weighted by Crippen LogP contribution is -2.60. The van der Waals surface area contributed by atoms with Gasteiger partial charge in [0.15, 0.2) is 0 Å². The first-order valence-electron chi connectivity index (χ1n) is 26.1. The van der Waals surface area contributed by atoms with Crippen molar-refractivity contribution in [1.82, 2.24) is 34.5 Å². The number of nitrogens with one attached hydrogen (secondary N) is 4. The van der Waals surface area contributed by atoms with Crippen LogP contribution >= 0.6 is 0 Å². The zero-order valence-electron chi connectivity index (χ0n) is 42.6. The van der Waals surface area contributed by atoms with Gasteiger partial charge in [-0.15, -0.1) is 0 Å². The molecule has 392 valence electrons. The van der Waals surface area contributed by atoms with Crippen molar-refractivity contribution in [2.45, 2.75) is 81.8 Å². The number of sulfonamides is 1. The number of anilines is 2. The van der Waals surface area contributed by atoms with Crippen LogP contribution in [-0.2, 0) is 21.3 Å². The highest BCUT2D eigenvalue weighted by atomic mass is 32.2. The molecule has 3 aliphatic heterocycles. The molecule has 75 heavy (non-hydrogen) atoms. The summed E-state index contributed by atoms with van der Waals surface area (Å²) in [7, 11) is -3.04. The molecule has 0 bridgehead atoms. The molecule has 4 aliphatic rings. The standard InChI is InChI=1S/C56H64N10O8S/c1-36(2)44-6-4-5-7-45(44)48-34-63(33-38-8-11-42(72-3)12-9-38)22-23-65(48)41-29-56(30-41)17-20-64(21-18-56)40-10-13-46(49(27-40)74-43-26-39-14-19-57-54(39)59-32-43)55(67)62-75(70,71)50-28-47(66(68)69)51(53-52(50)60-35-61-53)58-31-37-15-24-73-25-16-37/h4-14,19,26-28,32,35-37,41,48,58H,15-18,20-25,29-31,33-34H2,1-3H3,(H,57,59)(H,60,61)(H,62,67). The summed E-state index contributed by atoms with van der Waals surface area (Å²) in [5.41, 5.74) is 5.55. The lowest BCUT2D eigenvalue weighted by Gasteiger charge is -2.58. The minimum atomic E-state index is -4.74. The molecule has 3 aromatic heterocycles. The third-order valence-corrected chi connectivity index (χ3v) is 17.5. The Morgan fingerprint density at radius 1 is 0.947 bits per heavy atom. The normalized spacial score (nSPS) is 18.9. The maximum Gasteiger partial charge on any atom is 0.296 e. The molecule has 1 saturated carbocycles. The number of carbonyl (C=O) groups is 1. The van der Waals surface area contributed by atoms with Gasteiger partial charge in [0.1, 0.15) is 39.0 Å². The number of hydrogen-bond donors (Lipinski definition) is 4. The summed E-state index contributed by atoms with van der Waals surface area (Å²) in [6, 6.07) is 28.0. The molecule has 11 rings (SSSR count). The largest absolute Gasteiger partial charge is 0.497 e. The van der Waals surface area contributed by atoms with E-state index in [1.165, 1.54) is 23.0 Å². The number of H-pyrrole nitrogens is 2. The highest BCUT2D eigenvalue weighted by Crippen LogP contribution is 2.53. The summed E-state index contributed by atoms with van der Waals surface area (Å²) < 4.78 is 48.0. The second-order valence-corrected chi connectivity index (χ2v) is 22.7. The van der Waals surface area contributed by atoms with Gasteiger partial charge in [-0.3, -0.25) is 24.7 Å². The van der Waals surface area contributed by atoms with E-state index in [2.05, 4.69) is 94.9 Å². The monoisotopic (exact) mass is 1040 g/mol. The molecule has 1 aliphatic carbocycles. The maximum atomic E-state index is 14.3. The molecule has 3 saturated heterocycles. The Morgan fingerprint density at radius 2 is 1.73 bits per heavy atom. The molecular weight excluding hydrogens is 973 g/mol. The van der Waals surface area contributed by atoms with Crippen molar-refractivity contribution in [3.05, 3.63) is 136 Å². The number of hydrogen-bond acceptors (Lipinski definition) is 14. The topological polar surface area (TPSA) is 213 Å².